The molecule has 0 spiro atoms. The fraction of sp³-hybridized carbons (Fsp3) is 0.133. The van der Waals surface area contributed by atoms with Gasteiger partial charge in [0.2, 0.25) is 0 Å². The van der Waals surface area contributed by atoms with Crippen molar-refractivity contribution in [1.29, 1.82) is 0 Å². The van der Waals surface area contributed by atoms with Crippen molar-refractivity contribution in [2.24, 2.45) is 0 Å². The van der Waals surface area contributed by atoms with E-state index in [-0.39, 0.29) is 5.56 Å². The number of nitrogens with zero attached hydrogens (tertiary/aromatic N) is 2. The van der Waals surface area contributed by atoms with Crippen molar-refractivity contribution < 1.29 is 0 Å². The number of H-pyrrole nitrogens is 1. The quantitative estimate of drug-likeness (QED) is 0.723. The molecule has 0 amide bonds. The van der Waals surface area contributed by atoms with Crippen LogP contribution in [0.4, 0.5) is 0 Å². The lowest BCUT2D eigenvalue weighted by molar-refractivity contribution is 1.00. The second kappa shape index (κ2) is 4.31. The lowest BCUT2D eigenvalue weighted by Crippen LogP contribution is -2.14. The largest absolute Gasteiger partial charge is 0.311 e. The van der Waals surface area contributed by atoms with E-state index in [0.29, 0.717) is 11.4 Å². The minimum atomic E-state index is -0.0893. The molecule has 19 heavy (non-hydrogen) atoms. The first-order chi connectivity index (χ1) is 9.16. The summed E-state index contributed by atoms with van der Waals surface area (Å²) in [5, 5.41) is 2.09. The van der Waals surface area contributed by atoms with Crippen LogP contribution >= 0.6 is 0 Å². The molecule has 0 unspecified atom stereocenters. The first-order valence-corrected chi connectivity index (χ1v) is 6.07. The topological polar surface area (TPSA) is 58.6 Å². The zero-order valence-corrected chi connectivity index (χ0v) is 10.8. The molecule has 0 radical (unpaired) electrons. The van der Waals surface area contributed by atoms with E-state index in [0.717, 1.165) is 22.0 Å². The Morgan fingerprint density at radius 2 is 2.00 bits per heavy atom. The molecule has 0 saturated carbocycles. The summed E-state index contributed by atoms with van der Waals surface area (Å²) < 4.78 is 0. The summed E-state index contributed by atoms with van der Waals surface area (Å²) in [4.78, 5) is 23.2. The number of aromatic nitrogens is 3. The minimum Gasteiger partial charge on any atom is -0.311 e. The van der Waals surface area contributed by atoms with Crippen LogP contribution in [0.2, 0.25) is 0 Å². The molecule has 0 atom stereocenters. The zero-order chi connectivity index (χ0) is 13.4. The molecule has 4 heteroatoms. The van der Waals surface area contributed by atoms with Gasteiger partial charge in [0.1, 0.15) is 5.82 Å². The SMILES string of the molecule is Cc1nc(-c2cccc3cnccc23)c(C)c(=O)[nH]1. The van der Waals surface area contributed by atoms with Crippen LogP contribution < -0.4 is 5.56 Å². The Balaban J connectivity index is 2.40. The van der Waals surface area contributed by atoms with Gasteiger partial charge in [-0.05, 0) is 25.3 Å². The van der Waals surface area contributed by atoms with Gasteiger partial charge in [-0.2, -0.15) is 0 Å². The van der Waals surface area contributed by atoms with Crippen LogP contribution in [-0.2, 0) is 0 Å². The van der Waals surface area contributed by atoms with E-state index in [1.54, 1.807) is 20.0 Å². The summed E-state index contributed by atoms with van der Waals surface area (Å²) in [7, 11) is 0. The van der Waals surface area contributed by atoms with Crippen molar-refractivity contribution in [2.75, 3.05) is 0 Å². The van der Waals surface area contributed by atoms with E-state index >= 15 is 0 Å². The van der Waals surface area contributed by atoms with Gasteiger partial charge in [0.15, 0.2) is 0 Å². The number of hydrogen-bond acceptors (Lipinski definition) is 3. The maximum absolute atomic E-state index is 11.9. The summed E-state index contributed by atoms with van der Waals surface area (Å²) in [6.07, 6.45) is 3.56. The van der Waals surface area contributed by atoms with Gasteiger partial charge in [-0.25, -0.2) is 4.98 Å². The van der Waals surface area contributed by atoms with Crippen molar-refractivity contribution >= 4 is 10.8 Å². The molecule has 2 aromatic heterocycles. The van der Waals surface area contributed by atoms with Crippen LogP contribution in [0.15, 0.2) is 41.5 Å². The molecular weight excluding hydrogens is 238 g/mol. The summed E-state index contributed by atoms with van der Waals surface area (Å²) in [5.41, 5.74) is 2.24. The standard InChI is InChI=1S/C15H13N3O/c1-9-14(17-10(2)18-15(9)19)13-5-3-4-11-8-16-7-6-12(11)13/h3-8H,1-2H3,(H,17,18,19). The van der Waals surface area contributed by atoms with Crippen LogP contribution in [0.1, 0.15) is 11.4 Å². The average Bonchev–Trinajstić information content (AvgIpc) is 2.42. The molecule has 0 saturated heterocycles. The highest BCUT2D eigenvalue weighted by molar-refractivity contribution is 5.95. The molecule has 0 aliphatic heterocycles. The molecule has 1 aromatic carbocycles. The van der Waals surface area contributed by atoms with Gasteiger partial charge in [-0.1, -0.05) is 18.2 Å². The maximum Gasteiger partial charge on any atom is 0.254 e. The number of nitrogens with one attached hydrogen (secondary N) is 1. The highest BCUT2D eigenvalue weighted by Crippen LogP contribution is 2.27. The smallest absolute Gasteiger partial charge is 0.254 e. The molecule has 0 aliphatic rings. The van der Waals surface area contributed by atoms with Crippen LogP contribution in [0.5, 0.6) is 0 Å². The lowest BCUT2D eigenvalue weighted by atomic mass is 10.0. The monoisotopic (exact) mass is 251 g/mol. The van der Waals surface area contributed by atoms with Crippen LogP contribution in [0.3, 0.4) is 0 Å². The average molecular weight is 251 g/mol. The molecular formula is C15H13N3O. The highest BCUT2D eigenvalue weighted by atomic mass is 16.1. The van der Waals surface area contributed by atoms with E-state index in [9.17, 15) is 4.79 Å². The molecule has 0 bridgehead atoms. The minimum absolute atomic E-state index is 0.0893. The van der Waals surface area contributed by atoms with Crippen molar-refractivity contribution in [3.63, 3.8) is 0 Å². The molecule has 0 fully saturated rings. The number of benzene rings is 1. The number of fused-ring (bicyclic) bond motifs is 1. The second-order valence-corrected chi connectivity index (χ2v) is 4.53. The number of aryl methyl sites for hydroxylation is 1. The van der Waals surface area contributed by atoms with Gasteiger partial charge in [0.25, 0.3) is 5.56 Å². The Morgan fingerprint density at radius 1 is 1.16 bits per heavy atom. The van der Waals surface area contributed by atoms with Gasteiger partial charge in [-0.3, -0.25) is 9.78 Å². The summed E-state index contributed by atoms with van der Waals surface area (Å²) in [6.45, 7) is 3.58. The molecule has 3 rings (SSSR count). The lowest BCUT2D eigenvalue weighted by Gasteiger charge is -2.08. The summed E-state index contributed by atoms with van der Waals surface area (Å²) in [6, 6.07) is 7.89. The van der Waals surface area contributed by atoms with E-state index in [4.69, 9.17) is 0 Å². The Bertz CT molecular complexity index is 816. The van der Waals surface area contributed by atoms with Crippen molar-refractivity contribution in [3.05, 3.63) is 58.4 Å². The van der Waals surface area contributed by atoms with E-state index in [2.05, 4.69) is 15.0 Å². The van der Waals surface area contributed by atoms with Crippen molar-refractivity contribution in [2.45, 2.75) is 13.8 Å². The predicted molar refractivity (Wildman–Crippen MR) is 75.1 cm³/mol. The van der Waals surface area contributed by atoms with Gasteiger partial charge < -0.3 is 4.98 Å². The van der Waals surface area contributed by atoms with Crippen LogP contribution in [0.25, 0.3) is 22.0 Å². The number of aromatic amines is 1. The van der Waals surface area contributed by atoms with Crippen LogP contribution in [-0.4, -0.2) is 15.0 Å². The predicted octanol–water partition coefficient (Wildman–Crippen LogP) is 2.60. The number of rotatable bonds is 1. The third-order valence-corrected chi connectivity index (χ3v) is 3.21. The molecule has 4 nitrogen and oxygen atoms in total. The maximum atomic E-state index is 11.9. The first kappa shape index (κ1) is 11.6. The number of hydrogen-bond donors (Lipinski definition) is 1. The molecule has 0 aliphatic carbocycles. The Labute approximate surface area is 110 Å². The second-order valence-electron chi connectivity index (χ2n) is 4.53. The van der Waals surface area contributed by atoms with E-state index in [1.807, 2.05) is 30.5 Å². The van der Waals surface area contributed by atoms with E-state index in [1.165, 1.54) is 0 Å². The summed E-state index contributed by atoms with van der Waals surface area (Å²) in [5.74, 6) is 0.622. The first-order valence-electron chi connectivity index (χ1n) is 6.07. The molecule has 94 valence electrons. The Kier molecular flexibility index (Phi) is 2.63. The van der Waals surface area contributed by atoms with Gasteiger partial charge in [0.05, 0.1) is 5.69 Å². The Morgan fingerprint density at radius 3 is 2.84 bits per heavy atom. The molecule has 2 heterocycles. The third kappa shape index (κ3) is 1.91. The van der Waals surface area contributed by atoms with Gasteiger partial charge in [-0.15, -0.1) is 0 Å². The molecule has 3 aromatic rings. The zero-order valence-electron chi connectivity index (χ0n) is 10.8. The van der Waals surface area contributed by atoms with E-state index < -0.39 is 0 Å². The number of pyridine rings is 1. The van der Waals surface area contributed by atoms with Crippen molar-refractivity contribution in [1.82, 2.24) is 15.0 Å². The fourth-order valence-electron chi connectivity index (χ4n) is 2.24. The Hall–Kier alpha value is -2.49. The van der Waals surface area contributed by atoms with Gasteiger partial charge in [0, 0.05) is 28.9 Å². The molecule has 1 N–H and O–H groups in total. The normalized spacial score (nSPS) is 10.8. The summed E-state index contributed by atoms with van der Waals surface area (Å²) >= 11 is 0. The van der Waals surface area contributed by atoms with Gasteiger partial charge >= 0.3 is 0 Å². The fourth-order valence-corrected chi connectivity index (χ4v) is 2.24. The van der Waals surface area contributed by atoms with Crippen LogP contribution in [0, 0.1) is 13.8 Å². The highest BCUT2D eigenvalue weighted by Gasteiger charge is 2.11. The third-order valence-electron chi connectivity index (χ3n) is 3.21. The van der Waals surface area contributed by atoms with Crippen molar-refractivity contribution in [3.8, 4) is 11.3 Å².